The SMILES string of the molecule is Cc1ccc(C(NN)c2cccc(C)c2C)c(Br)c1. The average Bonchev–Trinajstić information content (AvgIpc) is 2.37. The smallest absolute Gasteiger partial charge is 0.0723 e. The maximum atomic E-state index is 5.79. The van der Waals surface area contributed by atoms with Crippen molar-refractivity contribution in [3.05, 3.63) is 68.7 Å². The predicted molar refractivity (Wildman–Crippen MR) is 84.0 cm³/mol. The van der Waals surface area contributed by atoms with Crippen molar-refractivity contribution in [2.45, 2.75) is 26.8 Å². The number of rotatable bonds is 3. The van der Waals surface area contributed by atoms with Crippen LogP contribution in [0.3, 0.4) is 0 Å². The van der Waals surface area contributed by atoms with Crippen LogP contribution in [-0.4, -0.2) is 0 Å². The molecular weight excluding hydrogens is 300 g/mol. The fraction of sp³-hybridized carbons (Fsp3) is 0.250. The monoisotopic (exact) mass is 318 g/mol. The normalized spacial score (nSPS) is 12.5. The molecule has 1 atom stereocenters. The molecule has 0 aliphatic heterocycles. The van der Waals surface area contributed by atoms with E-state index < -0.39 is 0 Å². The Morgan fingerprint density at radius 1 is 1.05 bits per heavy atom. The van der Waals surface area contributed by atoms with E-state index in [9.17, 15) is 0 Å². The second-order valence-electron chi connectivity index (χ2n) is 4.91. The summed E-state index contributed by atoms with van der Waals surface area (Å²) in [5.74, 6) is 5.79. The van der Waals surface area contributed by atoms with Crippen LogP contribution in [0.4, 0.5) is 0 Å². The minimum Gasteiger partial charge on any atom is -0.271 e. The highest BCUT2D eigenvalue weighted by Crippen LogP contribution is 2.31. The number of hydrazine groups is 1. The summed E-state index contributed by atoms with van der Waals surface area (Å²) in [6.07, 6.45) is 0. The summed E-state index contributed by atoms with van der Waals surface area (Å²) in [5, 5.41) is 0. The topological polar surface area (TPSA) is 38.0 Å². The first-order chi connectivity index (χ1) is 9.04. The molecular formula is C16H19BrN2. The lowest BCUT2D eigenvalue weighted by Crippen LogP contribution is -2.29. The molecule has 1 unspecified atom stereocenters. The van der Waals surface area contributed by atoms with Gasteiger partial charge in [-0.3, -0.25) is 5.84 Å². The third-order valence-electron chi connectivity index (χ3n) is 3.59. The molecule has 0 fully saturated rings. The van der Waals surface area contributed by atoms with Crippen molar-refractivity contribution in [2.75, 3.05) is 0 Å². The van der Waals surface area contributed by atoms with Gasteiger partial charge >= 0.3 is 0 Å². The Hall–Kier alpha value is -1.16. The van der Waals surface area contributed by atoms with E-state index in [0.29, 0.717) is 0 Å². The second kappa shape index (κ2) is 5.87. The maximum absolute atomic E-state index is 5.79. The zero-order valence-corrected chi connectivity index (χ0v) is 13.1. The van der Waals surface area contributed by atoms with Gasteiger partial charge in [-0.05, 0) is 54.7 Å². The summed E-state index contributed by atoms with van der Waals surface area (Å²) in [4.78, 5) is 0. The predicted octanol–water partition coefficient (Wildman–Crippen LogP) is 3.93. The van der Waals surface area contributed by atoms with E-state index in [1.165, 1.54) is 22.3 Å². The van der Waals surface area contributed by atoms with Crippen molar-refractivity contribution < 1.29 is 0 Å². The van der Waals surface area contributed by atoms with Crippen LogP contribution in [0.15, 0.2) is 40.9 Å². The molecule has 0 spiro atoms. The van der Waals surface area contributed by atoms with Crippen LogP contribution in [0.2, 0.25) is 0 Å². The summed E-state index contributed by atoms with van der Waals surface area (Å²) in [6, 6.07) is 12.7. The van der Waals surface area contributed by atoms with Gasteiger partial charge in [-0.1, -0.05) is 46.3 Å². The first-order valence-corrected chi connectivity index (χ1v) is 7.12. The molecule has 3 N–H and O–H groups in total. The summed E-state index contributed by atoms with van der Waals surface area (Å²) in [7, 11) is 0. The molecule has 0 saturated heterocycles. The largest absolute Gasteiger partial charge is 0.271 e. The van der Waals surface area contributed by atoms with Crippen LogP contribution >= 0.6 is 15.9 Å². The summed E-state index contributed by atoms with van der Waals surface area (Å²) in [6.45, 7) is 6.34. The summed E-state index contributed by atoms with van der Waals surface area (Å²) < 4.78 is 1.08. The highest BCUT2D eigenvalue weighted by atomic mass is 79.9. The van der Waals surface area contributed by atoms with Gasteiger partial charge in [0, 0.05) is 4.47 Å². The maximum Gasteiger partial charge on any atom is 0.0723 e. The number of nitrogens with two attached hydrogens (primary N) is 1. The van der Waals surface area contributed by atoms with Gasteiger partial charge in [-0.25, -0.2) is 5.43 Å². The quantitative estimate of drug-likeness (QED) is 0.664. The van der Waals surface area contributed by atoms with Crippen molar-refractivity contribution in [3.8, 4) is 0 Å². The van der Waals surface area contributed by atoms with E-state index >= 15 is 0 Å². The molecule has 0 saturated carbocycles. The average molecular weight is 319 g/mol. The first-order valence-electron chi connectivity index (χ1n) is 6.33. The van der Waals surface area contributed by atoms with E-state index in [2.05, 4.69) is 78.5 Å². The molecule has 0 aromatic heterocycles. The van der Waals surface area contributed by atoms with Crippen LogP contribution in [0, 0.1) is 20.8 Å². The molecule has 0 radical (unpaired) electrons. The van der Waals surface area contributed by atoms with E-state index in [-0.39, 0.29) is 6.04 Å². The van der Waals surface area contributed by atoms with Crippen molar-refractivity contribution in [2.24, 2.45) is 5.84 Å². The van der Waals surface area contributed by atoms with E-state index in [1.807, 2.05) is 0 Å². The van der Waals surface area contributed by atoms with Gasteiger partial charge < -0.3 is 0 Å². The molecule has 3 heteroatoms. The lowest BCUT2D eigenvalue weighted by Gasteiger charge is -2.21. The molecule has 0 aliphatic carbocycles. The fourth-order valence-electron chi connectivity index (χ4n) is 2.30. The number of hydrogen-bond donors (Lipinski definition) is 2. The zero-order chi connectivity index (χ0) is 14.0. The third-order valence-corrected chi connectivity index (χ3v) is 4.28. The van der Waals surface area contributed by atoms with Gasteiger partial charge in [0.2, 0.25) is 0 Å². The lowest BCUT2D eigenvalue weighted by molar-refractivity contribution is 0.631. The number of nitrogens with one attached hydrogen (secondary N) is 1. The standard InChI is InChI=1S/C16H19BrN2/c1-10-7-8-14(15(17)9-10)16(19-18)13-6-4-5-11(2)12(13)3/h4-9,16,19H,18H2,1-3H3. The van der Waals surface area contributed by atoms with Gasteiger partial charge in [0.25, 0.3) is 0 Å². The van der Waals surface area contributed by atoms with E-state index in [0.717, 1.165) is 10.0 Å². The lowest BCUT2D eigenvalue weighted by atomic mass is 9.93. The van der Waals surface area contributed by atoms with Gasteiger partial charge in [-0.15, -0.1) is 0 Å². The minimum absolute atomic E-state index is 0.00475. The van der Waals surface area contributed by atoms with E-state index in [1.54, 1.807) is 0 Å². The highest BCUT2D eigenvalue weighted by Gasteiger charge is 2.17. The Labute approximate surface area is 123 Å². The van der Waals surface area contributed by atoms with Crippen LogP contribution in [-0.2, 0) is 0 Å². The molecule has 2 aromatic carbocycles. The van der Waals surface area contributed by atoms with Crippen LogP contribution < -0.4 is 11.3 Å². The Bertz CT molecular complexity index is 593. The fourth-order valence-corrected chi connectivity index (χ4v) is 3.02. The Balaban J connectivity index is 2.53. The Morgan fingerprint density at radius 3 is 2.42 bits per heavy atom. The molecule has 19 heavy (non-hydrogen) atoms. The third kappa shape index (κ3) is 2.89. The summed E-state index contributed by atoms with van der Waals surface area (Å²) >= 11 is 3.63. The Morgan fingerprint density at radius 2 is 1.79 bits per heavy atom. The first kappa shape index (κ1) is 14.3. The van der Waals surface area contributed by atoms with Crippen molar-refractivity contribution in [1.82, 2.24) is 5.43 Å². The van der Waals surface area contributed by atoms with Crippen molar-refractivity contribution in [1.29, 1.82) is 0 Å². The summed E-state index contributed by atoms with van der Waals surface area (Å²) in [5.41, 5.74) is 9.09. The van der Waals surface area contributed by atoms with Gasteiger partial charge in [0.15, 0.2) is 0 Å². The second-order valence-corrected chi connectivity index (χ2v) is 5.77. The van der Waals surface area contributed by atoms with Crippen molar-refractivity contribution >= 4 is 15.9 Å². The minimum atomic E-state index is -0.00475. The molecule has 0 bridgehead atoms. The highest BCUT2D eigenvalue weighted by molar-refractivity contribution is 9.10. The number of benzene rings is 2. The number of aryl methyl sites for hydroxylation is 2. The van der Waals surface area contributed by atoms with Crippen molar-refractivity contribution in [3.63, 3.8) is 0 Å². The molecule has 2 rings (SSSR count). The molecule has 0 aliphatic rings. The molecule has 2 aromatic rings. The van der Waals surface area contributed by atoms with E-state index in [4.69, 9.17) is 5.84 Å². The van der Waals surface area contributed by atoms with Crippen LogP contribution in [0.1, 0.15) is 33.9 Å². The molecule has 100 valence electrons. The molecule has 2 nitrogen and oxygen atoms in total. The van der Waals surface area contributed by atoms with Gasteiger partial charge in [0.05, 0.1) is 6.04 Å². The Kier molecular flexibility index (Phi) is 4.40. The molecule has 0 heterocycles. The number of hydrogen-bond acceptors (Lipinski definition) is 2. The number of halogens is 1. The van der Waals surface area contributed by atoms with Crippen LogP contribution in [0.25, 0.3) is 0 Å². The zero-order valence-electron chi connectivity index (χ0n) is 11.5. The van der Waals surface area contributed by atoms with Gasteiger partial charge in [0.1, 0.15) is 0 Å². The van der Waals surface area contributed by atoms with Crippen LogP contribution in [0.5, 0.6) is 0 Å². The molecule has 0 amide bonds. The van der Waals surface area contributed by atoms with Gasteiger partial charge in [-0.2, -0.15) is 0 Å².